The van der Waals surface area contributed by atoms with Crippen LogP contribution in [0.5, 0.6) is 0 Å². The molecule has 1 fully saturated rings. The lowest BCUT2D eigenvalue weighted by Crippen LogP contribution is -2.30. The number of amides is 1. The van der Waals surface area contributed by atoms with Crippen LogP contribution >= 0.6 is 11.6 Å². The van der Waals surface area contributed by atoms with Gasteiger partial charge in [0.25, 0.3) is 0 Å². The fourth-order valence-electron chi connectivity index (χ4n) is 1.88. The molecule has 1 aromatic rings. The standard InChI is InChI=1S/C11H11ClN4O2/c12-8-3-7(4-13)10(14-5-8)15-9-1-2-16(6-9)11(17)18/h3,5,9H,1-2,6H2,(H,14,15)(H,17,18). The van der Waals surface area contributed by atoms with Gasteiger partial charge in [0.05, 0.1) is 10.6 Å². The molecule has 94 valence electrons. The van der Waals surface area contributed by atoms with Gasteiger partial charge in [-0.2, -0.15) is 5.26 Å². The van der Waals surface area contributed by atoms with Gasteiger partial charge in [0.1, 0.15) is 11.9 Å². The normalized spacial score (nSPS) is 18.4. The van der Waals surface area contributed by atoms with Crippen molar-refractivity contribution in [1.29, 1.82) is 5.26 Å². The Morgan fingerprint density at radius 2 is 2.50 bits per heavy atom. The number of hydrogen-bond acceptors (Lipinski definition) is 4. The van der Waals surface area contributed by atoms with Crippen LogP contribution < -0.4 is 5.32 Å². The zero-order valence-electron chi connectivity index (χ0n) is 9.43. The second-order valence-corrected chi connectivity index (χ2v) is 4.46. The Labute approximate surface area is 109 Å². The molecule has 6 nitrogen and oxygen atoms in total. The minimum Gasteiger partial charge on any atom is -0.465 e. The van der Waals surface area contributed by atoms with Gasteiger partial charge in [-0.25, -0.2) is 9.78 Å². The molecule has 7 heteroatoms. The van der Waals surface area contributed by atoms with Gasteiger partial charge in [0, 0.05) is 25.3 Å². The van der Waals surface area contributed by atoms with E-state index in [1.165, 1.54) is 17.2 Å². The predicted molar refractivity (Wildman–Crippen MR) is 65.6 cm³/mol. The number of carbonyl (C=O) groups is 1. The van der Waals surface area contributed by atoms with E-state index < -0.39 is 6.09 Å². The van der Waals surface area contributed by atoms with Gasteiger partial charge >= 0.3 is 6.09 Å². The molecule has 1 atom stereocenters. The number of hydrogen-bond donors (Lipinski definition) is 2. The summed E-state index contributed by atoms with van der Waals surface area (Å²) in [7, 11) is 0. The van der Waals surface area contributed by atoms with E-state index in [0.717, 1.165) is 0 Å². The summed E-state index contributed by atoms with van der Waals surface area (Å²) in [5.41, 5.74) is 0.358. The van der Waals surface area contributed by atoms with Gasteiger partial charge in [-0.3, -0.25) is 0 Å². The highest BCUT2D eigenvalue weighted by molar-refractivity contribution is 6.30. The van der Waals surface area contributed by atoms with E-state index in [4.69, 9.17) is 22.0 Å². The average molecular weight is 267 g/mol. The number of nitrogens with zero attached hydrogens (tertiary/aromatic N) is 3. The van der Waals surface area contributed by atoms with E-state index >= 15 is 0 Å². The summed E-state index contributed by atoms with van der Waals surface area (Å²) < 4.78 is 0. The number of carboxylic acid groups (broad SMARTS) is 1. The van der Waals surface area contributed by atoms with Crippen molar-refractivity contribution in [1.82, 2.24) is 9.88 Å². The number of rotatable bonds is 2. The van der Waals surface area contributed by atoms with Crippen molar-refractivity contribution < 1.29 is 9.90 Å². The molecule has 0 radical (unpaired) electrons. The summed E-state index contributed by atoms with van der Waals surface area (Å²) in [6, 6.07) is 3.51. The van der Waals surface area contributed by atoms with E-state index in [1.54, 1.807) is 0 Å². The highest BCUT2D eigenvalue weighted by Crippen LogP contribution is 2.20. The van der Waals surface area contributed by atoms with Crippen molar-refractivity contribution in [3.8, 4) is 6.07 Å². The molecule has 18 heavy (non-hydrogen) atoms. The van der Waals surface area contributed by atoms with Crippen LogP contribution in [0.1, 0.15) is 12.0 Å². The molecule has 0 spiro atoms. The van der Waals surface area contributed by atoms with Crippen molar-refractivity contribution >= 4 is 23.5 Å². The lowest BCUT2D eigenvalue weighted by molar-refractivity contribution is 0.155. The third-order valence-electron chi connectivity index (χ3n) is 2.77. The van der Waals surface area contributed by atoms with Crippen LogP contribution in [0.3, 0.4) is 0 Å². The molecular weight excluding hydrogens is 256 g/mol. The second kappa shape index (κ2) is 5.10. The van der Waals surface area contributed by atoms with Gasteiger partial charge in [-0.1, -0.05) is 11.6 Å². The first-order valence-corrected chi connectivity index (χ1v) is 5.78. The number of anilines is 1. The van der Waals surface area contributed by atoms with Crippen LogP contribution in [-0.4, -0.2) is 40.2 Å². The van der Waals surface area contributed by atoms with Crippen molar-refractivity contribution in [3.05, 3.63) is 22.8 Å². The minimum absolute atomic E-state index is 0.0260. The largest absolute Gasteiger partial charge is 0.465 e. The van der Waals surface area contributed by atoms with Gasteiger partial charge < -0.3 is 15.3 Å². The van der Waals surface area contributed by atoms with E-state index in [1.807, 2.05) is 6.07 Å². The lowest BCUT2D eigenvalue weighted by atomic mass is 10.2. The number of aromatic nitrogens is 1. The first-order chi connectivity index (χ1) is 8.60. The zero-order chi connectivity index (χ0) is 13.1. The first-order valence-electron chi connectivity index (χ1n) is 5.40. The Kier molecular flexibility index (Phi) is 3.53. The third kappa shape index (κ3) is 2.63. The van der Waals surface area contributed by atoms with Crippen molar-refractivity contribution in [2.75, 3.05) is 18.4 Å². The van der Waals surface area contributed by atoms with E-state index in [9.17, 15) is 4.79 Å². The minimum atomic E-state index is -0.927. The maximum Gasteiger partial charge on any atom is 0.407 e. The number of nitrogens with one attached hydrogen (secondary N) is 1. The van der Waals surface area contributed by atoms with E-state index in [-0.39, 0.29) is 6.04 Å². The van der Waals surface area contributed by atoms with Crippen LogP contribution in [0.15, 0.2) is 12.3 Å². The van der Waals surface area contributed by atoms with Crippen LogP contribution in [-0.2, 0) is 0 Å². The fraction of sp³-hybridized carbons (Fsp3) is 0.364. The smallest absolute Gasteiger partial charge is 0.407 e. The molecule has 0 bridgehead atoms. The Morgan fingerprint density at radius 1 is 1.72 bits per heavy atom. The van der Waals surface area contributed by atoms with Crippen LogP contribution in [0, 0.1) is 11.3 Å². The monoisotopic (exact) mass is 266 g/mol. The van der Waals surface area contributed by atoms with Crippen molar-refractivity contribution in [2.45, 2.75) is 12.5 Å². The Balaban J connectivity index is 2.07. The van der Waals surface area contributed by atoms with Gasteiger partial charge in [-0.15, -0.1) is 0 Å². The lowest BCUT2D eigenvalue weighted by Gasteiger charge is -2.15. The Bertz CT molecular complexity index is 514. The van der Waals surface area contributed by atoms with E-state index in [0.29, 0.717) is 35.9 Å². The summed E-state index contributed by atoms with van der Waals surface area (Å²) in [5.74, 6) is 0.444. The van der Waals surface area contributed by atoms with Crippen LogP contribution in [0.2, 0.25) is 5.02 Å². The van der Waals surface area contributed by atoms with Gasteiger partial charge in [0.15, 0.2) is 0 Å². The molecule has 1 aliphatic rings. The molecule has 2 rings (SSSR count). The molecule has 1 amide bonds. The van der Waals surface area contributed by atoms with Crippen LogP contribution in [0.25, 0.3) is 0 Å². The zero-order valence-corrected chi connectivity index (χ0v) is 10.2. The molecule has 1 saturated heterocycles. The molecule has 2 N–H and O–H groups in total. The predicted octanol–water partition coefficient (Wildman–Crippen LogP) is 1.77. The Hall–Kier alpha value is -2.00. The number of likely N-dealkylation sites (tertiary alicyclic amines) is 1. The fourth-order valence-corrected chi connectivity index (χ4v) is 2.04. The van der Waals surface area contributed by atoms with Crippen molar-refractivity contribution in [2.24, 2.45) is 0 Å². The molecule has 1 aromatic heterocycles. The summed E-state index contributed by atoms with van der Waals surface area (Å²) >= 11 is 5.75. The summed E-state index contributed by atoms with van der Waals surface area (Å²) in [6.07, 6.45) is 1.22. The van der Waals surface area contributed by atoms with Crippen LogP contribution in [0.4, 0.5) is 10.6 Å². The number of nitriles is 1. The topological polar surface area (TPSA) is 89.3 Å². The first kappa shape index (κ1) is 12.5. The molecular formula is C11H11ClN4O2. The van der Waals surface area contributed by atoms with Crippen molar-refractivity contribution in [3.63, 3.8) is 0 Å². The quantitative estimate of drug-likeness (QED) is 0.851. The molecule has 2 heterocycles. The average Bonchev–Trinajstić information content (AvgIpc) is 2.80. The maximum absolute atomic E-state index is 10.8. The van der Waals surface area contributed by atoms with Gasteiger partial charge in [-0.05, 0) is 12.5 Å². The third-order valence-corrected chi connectivity index (χ3v) is 2.98. The number of pyridine rings is 1. The Morgan fingerprint density at radius 3 is 3.11 bits per heavy atom. The summed E-state index contributed by atoms with van der Waals surface area (Å²) in [6.45, 7) is 0.882. The highest BCUT2D eigenvalue weighted by atomic mass is 35.5. The highest BCUT2D eigenvalue weighted by Gasteiger charge is 2.26. The molecule has 0 aliphatic carbocycles. The molecule has 0 aromatic carbocycles. The molecule has 1 aliphatic heterocycles. The summed E-state index contributed by atoms with van der Waals surface area (Å²) in [5, 5.41) is 21.3. The number of halogens is 1. The molecule has 0 saturated carbocycles. The SMILES string of the molecule is N#Cc1cc(Cl)cnc1NC1CCN(C(=O)O)C1. The molecule has 1 unspecified atom stereocenters. The van der Waals surface area contributed by atoms with E-state index in [2.05, 4.69) is 10.3 Å². The maximum atomic E-state index is 10.8. The van der Waals surface area contributed by atoms with Gasteiger partial charge in [0.2, 0.25) is 0 Å². The summed E-state index contributed by atoms with van der Waals surface area (Å²) in [4.78, 5) is 16.2. The second-order valence-electron chi connectivity index (χ2n) is 4.02.